The number of aromatic nitrogens is 1. The van der Waals surface area contributed by atoms with Crippen molar-refractivity contribution in [2.45, 2.75) is 6.92 Å². The van der Waals surface area contributed by atoms with E-state index in [-0.39, 0.29) is 0 Å². The molecule has 1 aromatic carbocycles. The quantitative estimate of drug-likeness (QED) is 0.658. The molecule has 0 unspecified atom stereocenters. The Balaban J connectivity index is 2.81. The lowest BCUT2D eigenvalue weighted by Crippen LogP contribution is -1.83. The van der Waals surface area contributed by atoms with E-state index in [2.05, 4.69) is 68.6 Å². The first-order chi connectivity index (χ1) is 6.16. The molecule has 0 aliphatic carbocycles. The molecule has 0 aliphatic rings. The van der Waals surface area contributed by atoms with E-state index < -0.39 is 0 Å². The van der Waals surface area contributed by atoms with Crippen LogP contribution in [0.25, 0.3) is 10.9 Å². The van der Waals surface area contributed by atoms with Gasteiger partial charge in [-0.15, -0.1) is 0 Å². The predicted octanol–water partition coefficient (Wildman–Crippen LogP) is 3.91. The van der Waals surface area contributed by atoms with Gasteiger partial charge in [-0.1, -0.05) is 15.9 Å². The summed E-state index contributed by atoms with van der Waals surface area (Å²) in [5.74, 6) is 0. The standard InChI is InChI=1S/C10H7BrIN/c1-6-2-10-7(4-9(6)11)3-8(12)5-13-10/h2-5H,1H3. The molecule has 1 heterocycles. The Bertz CT molecular complexity index is 468. The van der Waals surface area contributed by atoms with Gasteiger partial charge < -0.3 is 0 Å². The van der Waals surface area contributed by atoms with Crippen LogP contribution >= 0.6 is 38.5 Å². The van der Waals surface area contributed by atoms with Crippen LogP contribution in [0.1, 0.15) is 5.56 Å². The summed E-state index contributed by atoms with van der Waals surface area (Å²) in [5.41, 5.74) is 2.28. The number of fused-ring (bicyclic) bond motifs is 1. The summed E-state index contributed by atoms with van der Waals surface area (Å²) in [5, 5.41) is 1.18. The zero-order valence-corrected chi connectivity index (χ0v) is 10.8. The Morgan fingerprint density at radius 1 is 1.31 bits per heavy atom. The fourth-order valence-electron chi connectivity index (χ4n) is 1.23. The molecule has 0 atom stereocenters. The second kappa shape index (κ2) is 3.53. The number of rotatable bonds is 0. The van der Waals surface area contributed by atoms with Gasteiger partial charge in [0.1, 0.15) is 0 Å². The molecule has 0 saturated carbocycles. The molecule has 2 rings (SSSR count). The van der Waals surface area contributed by atoms with E-state index in [9.17, 15) is 0 Å². The summed E-state index contributed by atoms with van der Waals surface area (Å²) in [6.07, 6.45) is 1.89. The van der Waals surface area contributed by atoms with Crippen molar-refractivity contribution in [2.24, 2.45) is 0 Å². The van der Waals surface area contributed by atoms with Crippen LogP contribution in [-0.2, 0) is 0 Å². The summed E-state index contributed by atoms with van der Waals surface area (Å²) >= 11 is 5.78. The van der Waals surface area contributed by atoms with Crippen LogP contribution < -0.4 is 0 Å². The van der Waals surface area contributed by atoms with Gasteiger partial charge in [0.2, 0.25) is 0 Å². The van der Waals surface area contributed by atoms with Gasteiger partial charge in [-0.25, -0.2) is 0 Å². The molecule has 1 nitrogen and oxygen atoms in total. The normalized spacial score (nSPS) is 10.7. The molecule has 13 heavy (non-hydrogen) atoms. The van der Waals surface area contributed by atoms with Crippen LogP contribution in [0.4, 0.5) is 0 Å². The highest BCUT2D eigenvalue weighted by atomic mass is 127. The van der Waals surface area contributed by atoms with E-state index in [0.29, 0.717) is 0 Å². The van der Waals surface area contributed by atoms with Crippen molar-refractivity contribution in [3.8, 4) is 0 Å². The van der Waals surface area contributed by atoms with E-state index in [4.69, 9.17) is 0 Å². The van der Waals surface area contributed by atoms with Gasteiger partial charge in [-0.05, 0) is 53.3 Å². The van der Waals surface area contributed by atoms with Gasteiger partial charge >= 0.3 is 0 Å². The minimum absolute atomic E-state index is 1.06. The Kier molecular flexibility index (Phi) is 2.55. The summed E-state index contributed by atoms with van der Waals surface area (Å²) in [7, 11) is 0. The number of aryl methyl sites for hydroxylation is 1. The summed E-state index contributed by atoms with van der Waals surface area (Å²) < 4.78 is 2.31. The minimum atomic E-state index is 1.06. The topological polar surface area (TPSA) is 12.9 Å². The molecule has 0 radical (unpaired) electrons. The number of benzene rings is 1. The second-order valence-electron chi connectivity index (χ2n) is 2.95. The number of nitrogens with zero attached hydrogens (tertiary/aromatic N) is 1. The Labute approximate surface area is 98.8 Å². The van der Waals surface area contributed by atoms with Gasteiger partial charge in [0.25, 0.3) is 0 Å². The molecule has 0 aliphatic heterocycles. The zero-order valence-electron chi connectivity index (χ0n) is 7.01. The first-order valence-corrected chi connectivity index (χ1v) is 5.75. The van der Waals surface area contributed by atoms with Crippen molar-refractivity contribution in [2.75, 3.05) is 0 Å². The van der Waals surface area contributed by atoms with Crippen molar-refractivity contribution in [3.63, 3.8) is 0 Å². The predicted molar refractivity (Wildman–Crippen MR) is 66.9 cm³/mol. The maximum Gasteiger partial charge on any atom is 0.0706 e. The fourth-order valence-corrected chi connectivity index (χ4v) is 2.06. The average molecular weight is 348 g/mol. The molecule has 0 fully saturated rings. The van der Waals surface area contributed by atoms with Crippen LogP contribution in [0, 0.1) is 10.5 Å². The number of halogens is 2. The van der Waals surface area contributed by atoms with E-state index >= 15 is 0 Å². The highest BCUT2D eigenvalue weighted by molar-refractivity contribution is 14.1. The van der Waals surface area contributed by atoms with Crippen molar-refractivity contribution < 1.29 is 0 Å². The molecule has 0 amide bonds. The first kappa shape index (κ1) is 9.40. The fraction of sp³-hybridized carbons (Fsp3) is 0.100. The zero-order chi connectivity index (χ0) is 9.42. The molecule has 1 aromatic heterocycles. The van der Waals surface area contributed by atoms with E-state index in [1.807, 2.05) is 6.20 Å². The molecule has 0 N–H and O–H groups in total. The summed E-state index contributed by atoms with van der Waals surface area (Å²) in [6.45, 7) is 2.07. The van der Waals surface area contributed by atoms with Gasteiger partial charge in [0.05, 0.1) is 5.52 Å². The van der Waals surface area contributed by atoms with Crippen LogP contribution in [-0.4, -0.2) is 4.98 Å². The molecule has 0 saturated heterocycles. The summed E-state index contributed by atoms with van der Waals surface area (Å²) in [4.78, 5) is 4.35. The largest absolute Gasteiger partial charge is 0.255 e. The molecule has 0 spiro atoms. The van der Waals surface area contributed by atoms with Crippen molar-refractivity contribution in [1.29, 1.82) is 0 Å². The van der Waals surface area contributed by atoms with Gasteiger partial charge in [-0.3, -0.25) is 4.98 Å². The third kappa shape index (κ3) is 1.86. The lowest BCUT2D eigenvalue weighted by Gasteiger charge is -2.01. The third-order valence-electron chi connectivity index (χ3n) is 1.93. The summed E-state index contributed by atoms with van der Waals surface area (Å²) in [6, 6.07) is 6.34. The number of hydrogen-bond acceptors (Lipinski definition) is 1. The smallest absolute Gasteiger partial charge is 0.0706 e. The molecule has 3 heteroatoms. The molecule has 0 bridgehead atoms. The van der Waals surface area contributed by atoms with Crippen LogP contribution in [0.2, 0.25) is 0 Å². The van der Waals surface area contributed by atoms with Gasteiger partial charge in [0, 0.05) is 19.6 Å². The lowest BCUT2D eigenvalue weighted by atomic mass is 10.1. The Morgan fingerprint density at radius 2 is 2.08 bits per heavy atom. The first-order valence-electron chi connectivity index (χ1n) is 3.88. The van der Waals surface area contributed by atoms with Crippen molar-refractivity contribution >= 4 is 49.4 Å². The SMILES string of the molecule is Cc1cc2ncc(I)cc2cc1Br. The van der Waals surface area contributed by atoms with E-state index in [1.54, 1.807) is 0 Å². The van der Waals surface area contributed by atoms with Crippen LogP contribution in [0.5, 0.6) is 0 Å². The Morgan fingerprint density at radius 3 is 2.85 bits per heavy atom. The number of hydrogen-bond donors (Lipinski definition) is 0. The van der Waals surface area contributed by atoms with Crippen molar-refractivity contribution in [1.82, 2.24) is 4.98 Å². The minimum Gasteiger partial charge on any atom is -0.255 e. The molecule has 2 aromatic rings. The monoisotopic (exact) mass is 347 g/mol. The Hall–Kier alpha value is -0.160. The molecule has 66 valence electrons. The maximum absolute atomic E-state index is 4.35. The van der Waals surface area contributed by atoms with Crippen LogP contribution in [0.3, 0.4) is 0 Å². The maximum atomic E-state index is 4.35. The second-order valence-corrected chi connectivity index (χ2v) is 5.05. The third-order valence-corrected chi connectivity index (χ3v) is 3.37. The average Bonchev–Trinajstić information content (AvgIpc) is 2.08. The van der Waals surface area contributed by atoms with E-state index in [1.165, 1.54) is 14.5 Å². The highest BCUT2D eigenvalue weighted by Gasteiger charge is 1.99. The van der Waals surface area contributed by atoms with Gasteiger partial charge in [0.15, 0.2) is 0 Å². The van der Waals surface area contributed by atoms with Crippen molar-refractivity contribution in [3.05, 3.63) is 38.0 Å². The highest BCUT2D eigenvalue weighted by Crippen LogP contribution is 2.23. The lowest BCUT2D eigenvalue weighted by molar-refractivity contribution is 1.36. The molecular formula is C10H7BrIN. The van der Waals surface area contributed by atoms with E-state index in [0.717, 1.165) is 9.99 Å². The van der Waals surface area contributed by atoms with Crippen LogP contribution in [0.15, 0.2) is 28.9 Å². The molecular weight excluding hydrogens is 341 g/mol. The number of pyridine rings is 1. The van der Waals surface area contributed by atoms with Gasteiger partial charge in [-0.2, -0.15) is 0 Å².